The molecule has 134 valence electrons. The molecule has 0 aliphatic rings. The maximum atomic E-state index is 11.3. The zero-order valence-electron chi connectivity index (χ0n) is 15.4. The Morgan fingerprint density at radius 2 is 1.26 bits per heavy atom. The predicted molar refractivity (Wildman–Crippen MR) is 90.9 cm³/mol. The van der Waals surface area contributed by atoms with Gasteiger partial charge in [0.25, 0.3) is 0 Å². The summed E-state index contributed by atoms with van der Waals surface area (Å²) in [6.45, 7) is 4.20. The van der Waals surface area contributed by atoms with Crippen LogP contribution in [0.5, 0.6) is 0 Å². The molecule has 0 saturated carbocycles. The summed E-state index contributed by atoms with van der Waals surface area (Å²) in [5.74, 6) is 0. The van der Waals surface area contributed by atoms with Crippen LogP contribution in [-0.4, -0.2) is 29.4 Å². The molecule has 0 spiro atoms. The fraction of sp³-hybridized carbons (Fsp3) is 1.00. The molecule has 23 heavy (non-hydrogen) atoms. The first kappa shape index (κ1) is 26.1. The number of aliphatic hydroxyl groups excluding tert-OH is 1. The zero-order chi connectivity index (χ0) is 16.8. The second-order valence-corrected chi connectivity index (χ2v) is 8.05. The van der Waals surface area contributed by atoms with Gasteiger partial charge in [0.05, 0.1) is 16.2 Å². The Bertz CT molecular complexity index is 347. The van der Waals surface area contributed by atoms with Gasteiger partial charge in [0, 0.05) is 5.25 Å². The summed E-state index contributed by atoms with van der Waals surface area (Å²) in [6.07, 6.45) is 11.2. The van der Waals surface area contributed by atoms with Crippen LogP contribution in [0, 0.1) is 0 Å². The smallest absolute Gasteiger partial charge is 0.748 e. The molecule has 0 heterocycles. The molecular formula is C17H35NaO4S. The molecule has 0 aliphatic heterocycles. The first-order chi connectivity index (χ1) is 10.4. The quantitative estimate of drug-likeness (QED) is 0.272. The van der Waals surface area contributed by atoms with Crippen molar-refractivity contribution in [1.29, 1.82) is 0 Å². The van der Waals surface area contributed by atoms with Gasteiger partial charge >= 0.3 is 29.6 Å². The fourth-order valence-electron chi connectivity index (χ4n) is 2.81. The normalized spacial score (nSPS) is 14.3. The first-order valence-corrected chi connectivity index (χ1v) is 10.5. The summed E-state index contributed by atoms with van der Waals surface area (Å²) in [6, 6.07) is 0. The molecule has 2 unspecified atom stereocenters. The number of hydrogen-bond acceptors (Lipinski definition) is 4. The van der Waals surface area contributed by atoms with Crippen LogP contribution in [-0.2, 0) is 10.1 Å². The van der Waals surface area contributed by atoms with Gasteiger partial charge in [-0.25, -0.2) is 8.42 Å². The number of aliphatic hydroxyl groups is 1. The van der Waals surface area contributed by atoms with Gasteiger partial charge in [-0.2, -0.15) is 0 Å². The summed E-state index contributed by atoms with van der Waals surface area (Å²) >= 11 is 0. The standard InChI is InChI=1S/C17H36O4S.Na/c1-3-5-6-7-8-9-14-17(22(19,20)21)15-11-10-13-16(18)12-4-2;/h16-18H,3-15H2,1-2H3,(H,19,20,21);/q;+1/p-1. The van der Waals surface area contributed by atoms with Crippen LogP contribution in [0.25, 0.3) is 0 Å². The number of hydrogen-bond donors (Lipinski definition) is 1. The molecule has 1 N–H and O–H groups in total. The molecule has 0 bridgehead atoms. The fourth-order valence-corrected chi connectivity index (χ4v) is 3.73. The summed E-state index contributed by atoms with van der Waals surface area (Å²) in [7, 11) is -4.19. The summed E-state index contributed by atoms with van der Waals surface area (Å²) < 4.78 is 34.0. The molecule has 0 saturated heterocycles. The molecule has 2 atom stereocenters. The van der Waals surface area contributed by atoms with E-state index in [1.807, 2.05) is 6.92 Å². The van der Waals surface area contributed by atoms with Gasteiger partial charge in [0.1, 0.15) is 0 Å². The molecule has 0 rings (SSSR count). The Morgan fingerprint density at radius 3 is 1.78 bits per heavy atom. The van der Waals surface area contributed by atoms with E-state index in [1.165, 1.54) is 19.3 Å². The average molecular weight is 359 g/mol. The molecular weight excluding hydrogens is 323 g/mol. The van der Waals surface area contributed by atoms with Gasteiger partial charge in [0.2, 0.25) is 0 Å². The van der Waals surface area contributed by atoms with Crippen molar-refractivity contribution in [1.82, 2.24) is 0 Å². The van der Waals surface area contributed by atoms with Crippen molar-refractivity contribution in [3.63, 3.8) is 0 Å². The first-order valence-electron chi connectivity index (χ1n) is 9.04. The van der Waals surface area contributed by atoms with Crippen molar-refractivity contribution >= 4 is 10.1 Å². The van der Waals surface area contributed by atoms with Gasteiger partial charge in [-0.3, -0.25) is 0 Å². The third-order valence-corrected chi connectivity index (χ3v) is 5.51. The van der Waals surface area contributed by atoms with Crippen molar-refractivity contribution in [3.05, 3.63) is 0 Å². The van der Waals surface area contributed by atoms with E-state index in [4.69, 9.17) is 0 Å². The van der Waals surface area contributed by atoms with E-state index in [2.05, 4.69) is 6.92 Å². The van der Waals surface area contributed by atoms with Gasteiger partial charge in [0.15, 0.2) is 0 Å². The van der Waals surface area contributed by atoms with Crippen molar-refractivity contribution in [3.8, 4) is 0 Å². The maximum Gasteiger partial charge on any atom is 1.00 e. The van der Waals surface area contributed by atoms with Crippen LogP contribution < -0.4 is 29.6 Å². The minimum absolute atomic E-state index is 0. The van der Waals surface area contributed by atoms with Crippen LogP contribution >= 0.6 is 0 Å². The molecule has 0 aromatic heterocycles. The van der Waals surface area contributed by atoms with E-state index in [9.17, 15) is 18.1 Å². The number of unbranched alkanes of at least 4 members (excludes halogenated alkanes) is 6. The van der Waals surface area contributed by atoms with Crippen LogP contribution in [0.2, 0.25) is 0 Å². The molecule has 0 aromatic rings. The van der Waals surface area contributed by atoms with Gasteiger partial charge < -0.3 is 9.66 Å². The largest absolute Gasteiger partial charge is 1.00 e. The minimum Gasteiger partial charge on any atom is -0.748 e. The minimum atomic E-state index is -4.19. The summed E-state index contributed by atoms with van der Waals surface area (Å²) in [5, 5.41) is 8.90. The van der Waals surface area contributed by atoms with E-state index in [-0.39, 0.29) is 35.7 Å². The van der Waals surface area contributed by atoms with Crippen molar-refractivity contribution < 1.29 is 47.6 Å². The molecule has 0 aromatic carbocycles. The maximum absolute atomic E-state index is 11.3. The van der Waals surface area contributed by atoms with E-state index in [0.717, 1.165) is 38.5 Å². The molecule has 0 amide bonds. The van der Waals surface area contributed by atoms with Crippen LogP contribution in [0.1, 0.15) is 97.3 Å². The SMILES string of the molecule is CCCCCCCCC(CCCCC(O)CCC)S(=O)(=O)[O-].[Na+]. The second-order valence-electron chi connectivity index (χ2n) is 6.40. The Hall–Kier alpha value is 0.870. The number of rotatable bonds is 15. The van der Waals surface area contributed by atoms with E-state index >= 15 is 0 Å². The van der Waals surface area contributed by atoms with Crippen LogP contribution in [0.4, 0.5) is 0 Å². The summed E-state index contributed by atoms with van der Waals surface area (Å²) in [4.78, 5) is 0. The summed E-state index contributed by atoms with van der Waals surface area (Å²) in [5.41, 5.74) is 0. The monoisotopic (exact) mass is 358 g/mol. The molecule has 0 radical (unpaired) electrons. The van der Waals surface area contributed by atoms with Gasteiger partial charge in [-0.15, -0.1) is 0 Å². The molecule has 0 fully saturated rings. The Balaban J connectivity index is 0. The van der Waals surface area contributed by atoms with Gasteiger partial charge in [-0.1, -0.05) is 71.6 Å². The Kier molecular flexibility index (Phi) is 18.5. The van der Waals surface area contributed by atoms with Crippen molar-refractivity contribution in [2.24, 2.45) is 0 Å². The molecule has 6 heteroatoms. The van der Waals surface area contributed by atoms with E-state index in [0.29, 0.717) is 25.7 Å². The predicted octanol–water partition coefficient (Wildman–Crippen LogP) is 1.38. The molecule has 4 nitrogen and oxygen atoms in total. The van der Waals surface area contributed by atoms with Crippen LogP contribution in [0.15, 0.2) is 0 Å². The topological polar surface area (TPSA) is 77.4 Å². The Morgan fingerprint density at radius 1 is 0.783 bits per heavy atom. The Labute approximate surface area is 165 Å². The van der Waals surface area contributed by atoms with Crippen LogP contribution in [0.3, 0.4) is 0 Å². The van der Waals surface area contributed by atoms with Crippen molar-refractivity contribution in [2.75, 3.05) is 0 Å². The zero-order valence-corrected chi connectivity index (χ0v) is 18.2. The third-order valence-electron chi connectivity index (χ3n) is 4.22. The van der Waals surface area contributed by atoms with Gasteiger partial charge in [-0.05, 0) is 25.7 Å². The second kappa shape index (κ2) is 16.3. The van der Waals surface area contributed by atoms with Crippen molar-refractivity contribution in [2.45, 2.75) is 109 Å². The molecule has 0 aliphatic carbocycles. The third kappa shape index (κ3) is 16.1. The van der Waals surface area contributed by atoms with E-state index in [1.54, 1.807) is 0 Å². The van der Waals surface area contributed by atoms with E-state index < -0.39 is 15.4 Å². The average Bonchev–Trinajstić information content (AvgIpc) is 2.43.